The van der Waals surface area contributed by atoms with E-state index < -0.39 is 6.04 Å². The molecule has 0 aliphatic carbocycles. The minimum atomic E-state index is -0.480. The van der Waals surface area contributed by atoms with Gasteiger partial charge in [-0.2, -0.15) is 0 Å². The summed E-state index contributed by atoms with van der Waals surface area (Å²) >= 11 is 0. The molecule has 29 heavy (non-hydrogen) atoms. The zero-order valence-corrected chi connectivity index (χ0v) is 17.9. The molecule has 0 saturated carbocycles. The summed E-state index contributed by atoms with van der Waals surface area (Å²) in [5, 5.41) is 2.96. The van der Waals surface area contributed by atoms with Gasteiger partial charge in [-0.05, 0) is 49.9 Å². The predicted octanol–water partition coefficient (Wildman–Crippen LogP) is 3.61. The topological polar surface area (TPSA) is 58.6 Å². The Morgan fingerprint density at radius 2 is 1.66 bits per heavy atom. The van der Waals surface area contributed by atoms with Crippen LogP contribution in [-0.4, -0.2) is 42.5 Å². The highest BCUT2D eigenvalue weighted by Crippen LogP contribution is 2.15. The number of ether oxygens (including phenoxy) is 1. The number of benzene rings is 2. The lowest BCUT2D eigenvalue weighted by Gasteiger charge is -2.31. The molecule has 5 nitrogen and oxygen atoms in total. The van der Waals surface area contributed by atoms with Crippen molar-refractivity contribution in [2.75, 3.05) is 13.7 Å². The molecule has 2 aromatic rings. The molecule has 0 radical (unpaired) electrons. The summed E-state index contributed by atoms with van der Waals surface area (Å²) in [7, 11) is 1.62. The third kappa shape index (κ3) is 6.93. The van der Waals surface area contributed by atoms with Crippen molar-refractivity contribution in [3.05, 3.63) is 65.7 Å². The highest BCUT2D eigenvalue weighted by Gasteiger charge is 2.28. The number of methoxy groups -OCH3 is 1. The Labute approximate surface area is 174 Å². The van der Waals surface area contributed by atoms with Gasteiger partial charge in [0.15, 0.2) is 0 Å². The summed E-state index contributed by atoms with van der Waals surface area (Å²) in [6, 6.07) is 17.1. The first-order valence-corrected chi connectivity index (χ1v) is 10.2. The van der Waals surface area contributed by atoms with Gasteiger partial charge in [0, 0.05) is 12.6 Å². The van der Waals surface area contributed by atoms with Crippen LogP contribution < -0.4 is 10.1 Å². The van der Waals surface area contributed by atoms with Crippen molar-refractivity contribution in [2.45, 2.75) is 52.1 Å². The molecule has 1 N–H and O–H groups in total. The number of carbonyl (C=O) groups is 2. The average Bonchev–Trinajstić information content (AvgIpc) is 2.71. The monoisotopic (exact) mass is 396 g/mol. The second-order valence-corrected chi connectivity index (χ2v) is 7.43. The highest BCUT2D eigenvalue weighted by atomic mass is 16.5. The number of nitrogens with one attached hydrogen (secondary N) is 1. The smallest absolute Gasteiger partial charge is 0.242 e. The van der Waals surface area contributed by atoms with E-state index in [1.807, 2.05) is 75.4 Å². The van der Waals surface area contributed by atoms with Crippen LogP contribution in [0.25, 0.3) is 0 Å². The number of hydrogen-bond donors (Lipinski definition) is 1. The summed E-state index contributed by atoms with van der Waals surface area (Å²) in [6.45, 7) is 6.31. The molecule has 5 heteroatoms. The summed E-state index contributed by atoms with van der Waals surface area (Å²) in [6.07, 6.45) is 1.53. The van der Waals surface area contributed by atoms with Crippen LogP contribution in [0.3, 0.4) is 0 Å². The van der Waals surface area contributed by atoms with Crippen LogP contribution in [0.4, 0.5) is 0 Å². The van der Waals surface area contributed by atoms with Gasteiger partial charge in [0.1, 0.15) is 11.8 Å². The maximum absolute atomic E-state index is 13.2. The maximum Gasteiger partial charge on any atom is 0.242 e. The largest absolute Gasteiger partial charge is 0.497 e. The SMILES string of the molecule is CCC(C(=O)NC(C)C)N(CCc1ccccc1)C(=O)Cc1ccc(OC)cc1. The molecule has 156 valence electrons. The third-order valence-electron chi connectivity index (χ3n) is 4.82. The molecule has 0 aromatic heterocycles. The first-order valence-electron chi connectivity index (χ1n) is 10.2. The fraction of sp³-hybridized carbons (Fsp3) is 0.417. The van der Waals surface area contributed by atoms with Crippen LogP contribution in [0.2, 0.25) is 0 Å². The van der Waals surface area contributed by atoms with E-state index in [4.69, 9.17) is 4.74 Å². The van der Waals surface area contributed by atoms with Gasteiger partial charge in [0.05, 0.1) is 13.5 Å². The number of hydrogen-bond acceptors (Lipinski definition) is 3. The van der Waals surface area contributed by atoms with Gasteiger partial charge in [0.25, 0.3) is 0 Å². The Balaban J connectivity index is 2.18. The van der Waals surface area contributed by atoms with E-state index in [-0.39, 0.29) is 24.3 Å². The zero-order chi connectivity index (χ0) is 21.2. The fourth-order valence-corrected chi connectivity index (χ4v) is 3.30. The number of amides is 2. The van der Waals surface area contributed by atoms with Gasteiger partial charge in [-0.1, -0.05) is 49.4 Å². The first-order chi connectivity index (χ1) is 13.9. The van der Waals surface area contributed by atoms with E-state index in [2.05, 4.69) is 5.32 Å². The molecule has 0 bridgehead atoms. The number of nitrogens with zero attached hydrogens (tertiary/aromatic N) is 1. The summed E-state index contributed by atoms with van der Waals surface area (Å²) < 4.78 is 5.18. The van der Waals surface area contributed by atoms with Crippen LogP contribution in [0.15, 0.2) is 54.6 Å². The number of carbonyl (C=O) groups excluding carboxylic acids is 2. The molecular formula is C24H32N2O3. The predicted molar refractivity (Wildman–Crippen MR) is 116 cm³/mol. The molecule has 0 spiro atoms. The van der Waals surface area contributed by atoms with Crippen LogP contribution in [-0.2, 0) is 22.4 Å². The Morgan fingerprint density at radius 3 is 2.21 bits per heavy atom. The molecule has 0 saturated heterocycles. The van der Waals surface area contributed by atoms with Crippen LogP contribution in [0.5, 0.6) is 5.75 Å². The molecule has 1 unspecified atom stereocenters. The summed E-state index contributed by atoms with van der Waals surface area (Å²) in [4.78, 5) is 27.7. The highest BCUT2D eigenvalue weighted by molar-refractivity contribution is 5.88. The van der Waals surface area contributed by atoms with Crippen molar-refractivity contribution in [1.29, 1.82) is 0 Å². The minimum Gasteiger partial charge on any atom is -0.497 e. The van der Waals surface area contributed by atoms with Crippen LogP contribution in [0, 0.1) is 0 Å². The second kappa shape index (κ2) is 11.2. The van der Waals surface area contributed by atoms with Crippen molar-refractivity contribution >= 4 is 11.8 Å². The Bertz CT molecular complexity index is 772. The lowest BCUT2D eigenvalue weighted by atomic mass is 10.1. The van der Waals surface area contributed by atoms with Crippen molar-refractivity contribution in [3.63, 3.8) is 0 Å². The van der Waals surface area contributed by atoms with Crippen molar-refractivity contribution in [2.24, 2.45) is 0 Å². The Hall–Kier alpha value is -2.82. The molecule has 0 aliphatic rings. The zero-order valence-electron chi connectivity index (χ0n) is 17.9. The van der Waals surface area contributed by atoms with E-state index in [9.17, 15) is 9.59 Å². The quantitative estimate of drug-likeness (QED) is 0.667. The van der Waals surface area contributed by atoms with Gasteiger partial charge in [0.2, 0.25) is 11.8 Å². The van der Waals surface area contributed by atoms with Gasteiger partial charge < -0.3 is 15.0 Å². The molecular weight excluding hydrogens is 364 g/mol. The van der Waals surface area contributed by atoms with E-state index in [1.165, 1.54) is 0 Å². The normalized spacial score (nSPS) is 11.8. The van der Waals surface area contributed by atoms with E-state index in [1.54, 1.807) is 12.0 Å². The second-order valence-electron chi connectivity index (χ2n) is 7.43. The molecule has 0 aliphatic heterocycles. The standard InChI is InChI=1S/C24H32N2O3/c1-5-22(24(28)25-18(2)3)26(16-15-19-9-7-6-8-10-19)23(27)17-20-11-13-21(29-4)14-12-20/h6-14,18,22H,5,15-17H2,1-4H3,(H,25,28). The fourth-order valence-electron chi connectivity index (χ4n) is 3.30. The van der Waals surface area contributed by atoms with E-state index in [0.29, 0.717) is 19.4 Å². The molecule has 2 aromatic carbocycles. The van der Waals surface area contributed by atoms with Crippen molar-refractivity contribution in [3.8, 4) is 5.75 Å². The molecule has 2 amide bonds. The lowest BCUT2D eigenvalue weighted by molar-refractivity contribution is -0.140. The van der Waals surface area contributed by atoms with Crippen molar-refractivity contribution in [1.82, 2.24) is 10.2 Å². The first kappa shape index (κ1) is 22.5. The Morgan fingerprint density at radius 1 is 1.00 bits per heavy atom. The lowest BCUT2D eigenvalue weighted by Crippen LogP contribution is -2.51. The van der Waals surface area contributed by atoms with Crippen molar-refractivity contribution < 1.29 is 14.3 Å². The minimum absolute atomic E-state index is 0.0317. The molecule has 1 atom stereocenters. The molecule has 2 rings (SSSR count). The molecule has 0 fully saturated rings. The average molecular weight is 397 g/mol. The van der Waals surface area contributed by atoms with Gasteiger partial charge in [-0.25, -0.2) is 0 Å². The van der Waals surface area contributed by atoms with Gasteiger partial charge >= 0.3 is 0 Å². The van der Waals surface area contributed by atoms with E-state index >= 15 is 0 Å². The van der Waals surface area contributed by atoms with Gasteiger partial charge in [-0.3, -0.25) is 9.59 Å². The van der Waals surface area contributed by atoms with E-state index in [0.717, 1.165) is 16.9 Å². The third-order valence-corrected chi connectivity index (χ3v) is 4.82. The number of rotatable bonds is 10. The summed E-state index contributed by atoms with van der Waals surface area (Å²) in [5.41, 5.74) is 2.05. The van der Waals surface area contributed by atoms with Gasteiger partial charge in [-0.15, -0.1) is 0 Å². The summed E-state index contributed by atoms with van der Waals surface area (Å²) in [5.74, 6) is 0.611. The Kier molecular flexibility index (Phi) is 8.71. The van der Waals surface area contributed by atoms with Crippen LogP contribution >= 0.6 is 0 Å². The molecule has 0 heterocycles. The van der Waals surface area contributed by atoms with Crippen LogP contribution in [0.1, 0.15) is 38.3 Å². The maximum atomic E-state index is 13.2.